The van der Waals surface area contributed by atoms with Crippen LogP contribution in [0.2, 0.25) is 5.02 Å². The van der Waals surface area contributed by atoms with Gasteiger partial charge in [0.05, 0.1) is 16.9 Å². The molecule has 0 spiro atoms. The van der Waals surface area contributed by atoms with Crippen LogP contribution in [0.3, 0.4) is 0 Å². The molecular formula is C22H16ClN3O4. The second kappa shape index (κ2) is 8.26. The average molecular weight is 422 g/mol. The first kappa shape index (κ1) is 19.5. The van der Waals surface area contributed by atoms with E-state index in [9.17, 15) is 14.4 Å². The van der Waals surface area contributed by atoms with Gasteiger partial charge in [0.25, 0.3) is 5.91 Å². The van der Waals surface area contributed by atoms with Gasteiger partial charge in [0.2, 0.25) is 5.91 Å². The number of fused-ring (bicyclic) bond motifs is 1. The van der Waals surface area contributed by atoms with Gasteiger partial charge < -0.3 is 15.1 Å². The molecule has 30 heavy (non-hydrogen) atoms. The third kappa shape index (κ3) is 4.11. The number of nitrogens with zero attached hydrogens (tertiary/aromatic N) is 1. The van der Waals surface area contributed by atoms with Crippen molar-refractivity contribution in [3.05, 3.63) is 93.9 Å². The van der Waals surface area contributed by atoms with Crippen molar-refractivity contribution in [3.8, 4) is 0 Å². The van der Waals surface area contributed by atoms with Gasteiger partial charge in [-0.2, -0.15) is 0 Å². The fourth-order valence-corrected chi connectivity index (χ4v) is 3.12. The summed E-state index contributed by atoms with van der Waals surface area (Å²) in [6.07, 6.45) is 0. The van der Waals surface area contributed by atoms with Crippen LogP contribution in [0.4, 0.5) is 11.4 Å². The van der Waals surface area contributed by atoms with E-state index in [1.54, 1.807) is 72.8 Å². The molecule has 8 heteroatoms. The summed E-state index contributed by atoms with van der Waals surface area (Å²) >= 11 is 5.85. The van der Waals surface area contributed by atoms with Crippen molar-refractivity contribution in [2.24, 2.45) is 0 Å². The second-order valence-electron chi connectivity index (χ2n) is 6.48. The van der Waals surface area contributed by atoms with E-state index in [2.05, 4.69) is 10.6 Å². The maximum atomic E-state index is 12.6. The van der Waals surface area contributed by atoms with Crippen LogP contribution in [0.25, 0.3) is 11.1 Å². The maximum Gasteiger partial charge on any atom is 0.420 e. The number of para-hydroxylation sites is 4. The highest BCUT2D eigenvalue weighted by molar-refractivity contribution is 6.30. The minimum absolute atomic E-state index is 0.227. The Morgan fingerprint density at radius 1 is 0.867 bits per heavy atom. The van der Waals surface area contributed by atoms with Gasteiger partial charge in [-0.05, 0) is 48.5 Å². The van der Waals surface area contributed by atoms with Crippen molar-refractivity contribution in [3.63, 3.8) is 0 Å². The second-order valence-corrected chi connectivity index (χ2v) is 6.91. The van der Waals surface area contributed by atoms with Crippen LogP contribution in [0.15, 0.2) is 82.0 Å². The number of carbonyl (C=O) groups is 2. The molecule has 0 unspecified atom stereocenters. The highest BCUT2D eigenvalue weighted by Gasteiger charge is 2.15. The van der Waals surface area contributed by atoms with E-state index in [4.69, 9.17) is 16.0 Å². The maximum absolute atomic E-state index is 12.6. The van der Waals surface area contributed by atoms with Crippen LogP contribution >= 0.6 is 11.6 Å². The molecule has 1 heterocycles. The molecule has 3 aromatic carbocycles. The SMILES string of the molecule is O=C(Cn1c(=O)oc2ccccc21)Nc1ccccc1NC(=O)c1ccc(Cl)cc1. The normalized spacial score (nSPS) is 10.7. The summed E-state index contributed by atoms with van der Waals surface area (Å²) in [5.41, 5.74) is 2.20. The van der Waals surface area contributed by atoms with Gasteiger partial charge in [0, 0.05) is 10.6 Å². The van der Waals surface area contributed by atoms with Crippen LogP contribution in [-0.4, -0.2) is 16.4 Å². The highest BCUT2D eigenvalue weighted by Crippen LogP contribution is 2.22. The number of hydrogen-bond donors (Lipinski definition) is 2. The molecule has 7 nitrogen and oxygen atoms in total. The van der Waals surface area contributed by atoms with E-state index in [0.29, 0.717) is 33.1 Å². The molecule has 0 aliphatic carbocycles. The van der Waals surface area contributed by atoms with Gasteiger partial charge in [-0.1, -0.05) is 35.9 Å². The molecule has 1 aromatic heterocycles. The van der Waals surface area contributed by atoms with Gasteiger partial charge >= 0.3 is 5.76 Å². The molecule has 4 rings (SSSR count). The van der Waals surface area contributed by atoms with Crippen molar-refractivity contribution in [1.29, 1.82) is 0 Å². The standard InChI is InChI=1S/C22H16ClN3O4/c23-15-11-9-14(10-12-15)21(28)25-17-6-2-1-5-16(17)24-20(27)13-26-18-7-3-4-8-19(18)30-22(26)29/h1-12H,13H2,(H,24,27)(H,25,28). The third-order valence-electron chi connectivity index (χ3n) is 4.43. The lowest BCUT2D eigenvalue weighted by Crippen LogP contribution is -2.25. The Bertz CT molecular complexity index is 1290. The lowest BCUT2D eigenvalue weighted by atomic mass is 10.2. The molecule has 2 N–H and O–H groups in total. The zero-order valence-electron chi connectivity index (χ0n) is 15.6. The number of rotatable bonds is 5. The lowest BCUT2D eigenvalue weighted by Gasteiger charge is -2.12. The number of aromatic nitrogens is 1. The Balaban J connectivity index is 1.51. The molecule has 0 bridgehead atoms. The lowest BCUT2D eigenvalue weighted by molar-refractivity contribution is -0.116. The predicted molar refractivity (Wildman–Crippen MR) is 115 cm³/mol. The van der Waals surface area contributed by atoms with E-state index in [1.807, 2.05) is 0 Å². The Morgan fingerprint density at radius 2 is 1.50 bits per heavy atom. The molecule has 2 amide bonds. The van der Waals surface area contributed by atoms with Crippen LogP contribution in [0.1, 0.15) is 10.4 Å². The summed E-state index contributed by atoms with van der Waals surface area (Å²) in [6, 6.07) is 20.1. The van der Waals surface area contributed by atoms with Gasteiger partial charge in [-0.3, -0.25) is 14.2 Å². The van der Waals surface area contributed by atoms with Gasteiger partial charge in [-0.25, -0.2) is 4.79 Å². The first-order valence-electron chi connectivity index (χ1n) is 9.05. The zero-order valence-corrected chi connectivity index (χ0v) is 16.3. The summed E-state index contributed by atoms with van der Waals surface area (Å²) in [5, 5.41) is 6.03. The number of oxazole rings is 1. The summed E-state index contributed by atoms with van der Waals surface area (Å²) < 4.78 is 6.39. The molecule has 0 aliphatic heterocycles. The number of carbonyl (C=O) groups excluding carboxylic acids is 2. The van der Waals surface area contributed by atoms with Crippen LogP contribution in [-0.2, 0) is 11.3 Å². The van der Waals surface area contributed by atoms with Gasteiger partial charge in [-0.15, -0.1) is 0 Å². The van der Waals surface area contributed by atoms with Crippen molar-refractivity contribution in [1.82, 2.24) is 4.57 Å². The van der Waals surface area contributed by atoms with Crippen molar-refractivity contribution >= 4 is 45.9 Å². The molecule has 4 aromatic rings. The third-order valence-corrected chi connectivity index (χ3v) is 4.68. The van der Waals surface area contributed by atoms with E-state index in [0.717, 1.165) is 0 Å². The molecule has 0 aliphatic rings. The molecule has 150 valence electrons. The number of anilines is 2. The Labute approximate surface area is 175 Å². The summed E-state index contributed by atoms with van der Waals surface area (Å²) in [5.74, 6) is -1.39. The Morgan fingerprint density at radius 3 is 2.23 bits per heavy atom. The van der Waals surface area contributed by atoms with Crippen molar-refractivity contribution in [2.75, 3.05) is 10.6 Å². The minimum atomic E-state index is -0.615. The molecule has 0 saturated carbocycles. The number of benzene rings is 3. The average Bonchev–Trinajstić information content (AvgIpc) is 3.05. The summed E-state index contributed by atoms with van der Waals surface area (Å²) in [4.78, 5) is 37.1. The smallest absolute Gasteiger partial charge is 0.408 e. The van der Waals surface area contributed by atoms with E-state index in [-0.39, 0.29) is 12.5 Å². The Hall–Kier alpha value is -3.84. The molecular weight excluding hydrogens is 406 g/mol. The van der Waals surface area contributed by atoms with Crippen molar-refractivity contribution in [2.45, 2.75) is 6.54 Å². The molecule has 0 saturated heterocycles. The first-order chi connectivity index (χ1) is 14.5. The highest BCUT2D eigenvalue weighted by atomic mass is 35.5. The zero-order chi connectivity index (χ0) is 21.1. The largest absolute Gasteiger partial charge is 0.420 e. The summed E-state index contributed by atoms with van der Waals surface area (Å²) in [7, 11) is 0. The number of hydrogen-bond acceptors (Lipinski definition) is 4. The summed E-state index contributed by atoms with van der Waals surface area (Å²) in [6.45, 7) is -0.227. The van der Waals surface area contributed by atoms with Gasteiger partial charge in [0.1, 0.15) is 6.54 Å². The van der Waals surface area contributed by atoms with E-state index >= 15 is 0 Å². The molecule has 0 atom stereocenters. The number of amides is 2. The fraction of sp³-hybridized carbons (Fsp3) is 0.0455. The van der Waals surface area contributed by atoms with Crippen LogP contribution in [0.5, 0.6) is 0 Å². The molecule has 0 radical (unpaired) electrons. The Kier molecular flexibility index (Phi) is 5.36. The predicted octanol–water partition coefficient (Wildman–Crippen LogP) is 4.14. The minimum Gasteiger partial charge on any atom is -0.408 e. The van der Waals surface area contributed by atoms with Gasteiger partial charge in [0.15, 0.2) is 5.58 Å². The first-order valence-corrected chi connectivity index (χ1v) is 9.43. The van der Waals surface area contributed by atoms with Crippen molar-refractivity contribution < 1.29 is 14.0 Å². The van der Waals surface area contributed by atoms with E-state index < -0.39 is 11.7 Å². The topological polar surface area (TPSA) is 93.3 Å². The number of halogens is 1. The monoisotopic (exact) mass is 421 g/mol. The van der Waals surface area contributed by atoms with Crippen LogP contribution in [0, 0.1) is 0 Å². The number of nitrogens with one attached hydrogen (secondary N) is 2. The quantitative estimate of drug-likeness (QED) is 0.506. The molecule has 0 fully saturated rings. The fourth-order valence-electron chi connectivity index (χ4n) is 2.99. The van der Waals surface area contributed by atoms with Crippen LogP contribution < -0.4 is 16.4 Å². The van der Waals surface area contributed by atoms with E-state index in [1.165, 1.54) is 4.57 Å².